The summed E-state index contributed by atoms with van der Waals surface area (Å²) in [4.78, 5) is 38.2. The van der Waals surface area contributed by atoms with Gasteiger partial charge in [0.25, 0.3) is 11.5 Å². The highest BCUT2D eigenvalue weighted by Crippen LogP contribution is 2.27. The smallest absolute Gasteiger partial charge is 0.265 e. The fourth-order valence-electron chi connectivity index (χ4n) is 5.22. The van der Waals surface area contributed by atoms with Crippen LogP contribution in [0.25, 0.3) is 22.2 Å². The minimum atomic E-state index is -0.439. The summed E-state index contributed by atoms with van der Waals surface area (Å²) >= 11 is 6.51. The molecule has 9 nitrogen and oxygen atoms in total. The van der Waals surface area contributed by atoms with Gasteiger partial charge in [0, 0.05) is 46.5 Å². The summed E-state index contributed by atoms with van der Waals surface area (Å²) in [6.45, 7) is 12.4. The predicted molar refractivity (Wildman–Crippen MR) is 187 cm³/mol. The fraction of sp³-hybridized carbons (Fsp3) is 0.361. The first-order valence-corrected chi connectivity index (χ1v) is 16.3. The van der Waals surface area contributed by atoms with Crippen molar-refractivity contribution in [2.75, 3.05) is 36.8 Å². The number of aromatic nitrogens is 3. The normalized spacial score (nSPS) is 11.7. The Bertz CT molecular complexity index is 1770. The first-order chi connectivity index (χ1) is 22.2. The van der Waals surface area contributed by atoms with Crippen molar-refractivity contribution in [2.45, 2.75) is 53.5 Å². The van der Waals surface area contributed by atoms with Gasteiger partial charge in [0.05, 0.1) is 0 Å². The van der Waals surface area contributed by atoms with Crippen molar-refractivity contribution in [3.8, 4) is 17.2 Å². The average Bonchev–Trinajstić information content (AvgIpc) is 3.05. The van der Waals surface area contributed by atoms with Crippen molar-refractivity contribution >= 4 is 40.2 Å². The number of benzene rings is 2. The molecule has 4 rings (SSSR count). The molecule has 46 heavy (non-hydrogen) atoms. The molecular formula is C36H42ClN7O2. The Hall–Kier alpha value is -4.52. The van der Waals surface area contributed by atoms with E-state index in [1.54, 1.807) is 35.0 Å². The zero-order valence-electron chi connectivity index (χ0n) is 27.0. The zero-order chi connectivity index (χ0) is 33.1. The molecule has 0 aliphatic heterocycles. The molecule has 0 saturated heterocycles. The van der Waals surface area contributed by atoms with Crippen LogP contribution in [0.3, 0.4) is 0 Å². The molecule has 0 radical (unpaired) electrons. The van der Waals surface area contributed by atoms with Gasteiger partial charge < -0.3 is 15.5 Å². The SMILES string of the molecule is CCN(CC)CCCCNc1ncc2cc(-c3ccccc3Cl)c(=O)n(CCc3ccc(NC(=O)C(C#N)=CC(C)C)cc3)c2n1. The van der Waals surface area contributed by atoms with Gasteiger partial charge in [0.15, 0.2) is 0 Å². The number of hydrogen-bond acceptors (Lipinski definition) is 7. The lowest BCUT2D eigenvalue weighted by molar-refractivity contribution is -0.112. The number of amides is 1. The van der Waals surface area contributed by atoms with E-state index in [4.69, 9.17) is 16.6 Å². The molecule has 10 heteroatoms. The lowest BCUT2D eigenvalue weighted by Gasteiger charge is -2.17. The Balaban J connectivity index is 1.56. The quantitative estimate of drug-likeness (QED) is 0.0823. The van der Waals surface area contributed by atoms with Gasteiger partial charge >= 0.3 is 0 Å². The van der Waals surface area contributed by atoms with E-state index >= 15 is 0 Å². The zero-order valence-corrected chi connectivity index (χ0v) is 27.8. The maximum atomic E-state index is 14.0. The minimum absolute atomic E-state index is 0.0819. The third kappa shape index (κ3) is 9.03. The van der Waals surface area contributed by atoms with E-state index in [0.717, 1.165) is 50.0 Å². The number of aryl methyl sites for hydroxylation is 2. The van der Waals surface area contributed by atoms with E-state index < -0.39 is 5.91 Å². The van der Waals surface area contributed by atoms with E-state index in [1.807, 2.05) is 56.3 Å². The molecule has 0 unspecified atom stereocenters. The highest BCUT2D eigenvalue weighted by molar-refractivity contribution is 6.33. The standard InChI is InChI=1S/C36H42ClN7O2/c1-5-43(6-2)19-10-9-18-39-36-40-24-28-22-31(30-11-7-8-12-32(30)37)35(46)44(33(28)42-36)20-17-26-13-15-29(16-14-26)41-34(45)27(23-38)21-25(3)4/h7-8,11-16,21-22,24-25H,5-6,9-10,17-20H2,1-4H3,(H,41,45)(H,39,40,42). The molecule has 0 fully saturated rings. The number of nitrogens with zero attached hydrogens (tertiary/aromatic N) is 5. The van der Waals surface area contributed by atoms with Gasteiger partial charge in [-0.25, -0.2) is 4.98 Å². The van der Waals surface area contributed by atoms with Crippen LogP contribution in [-0.2, 0) is 17.8 Å². The molecule has 2 heterocycles. The summed E-state index contributed by atoms with van der Waals surface area (Å²) in [6.07, 6.45) is 5.99. The Morgan fingerprint density at radius 1 is 1.09 bits per heavy atom. The number of halogens is 1. The van der Waals surface area contributed by atoms with Crippen molar-refractivity contribution < 1.29 is 4.79 Å². The summed E-state index contributed by atoms with van der Waals surface area (Å²) in [5, 5.41) is 16.7. The molecule has 0 atom stereocenters. The molecule has 1 amide bonds. The van der Waals surface area contributed by atoms with Crippen LogP contribution in [-0.4, -0.2) is 51.5 Å². The molecule has 0 bridgehead atoms. The van der Waals surface area contributed by atoms with Crippen LogP contribution in [0.15, 0.2) is 77.2 Å². The van der Waals surface area contributed by atoms with Crippen molar-refractivity contribution in [3.05, 3.63) is 93.4 Å². The van der Waals surface area contributed by atoms with Crippen LogP contribution in [0, 0.1) is 17.2 Å². The Morgan fingerprint density at radius 3 is 2.50 bits per heavy atom. The molecule has 0 saturated carbocycles. The summed E-state index contributed by atoms with van der Waals surface area (Å²) in [5.41, 5.74) is 3.14. The number of carbonyl (C=O) groups excluding carboxylic acids is 1. The van der Waals surface area contributed by atoms with Crippen LogP contribution in [0.5, 0.6) is 0 Å². The maximum absolute atomic E-state index is 14.0. The molecule has 0 aliphatic carbocycles. The fourth-order valence-corrected chi connectivity index (χ4v) is 5.45. The highest BCUT2D eigenvalue weighted by atomic mass is 35.5. The van der Waals surface area contributed by atoms with Gasteiger partial charge in [-0.2, -0.15) is 10.2 Å². The van der Waals surface area contributed by atoms with E-state index in [9.17, 15) is 14.9 Å². The van der Waals surface area contributed by atoms with Crippen molar-refractivity contribution in [1.82, 2.24) is 19.4 Å². The number of allylic oxidation sites excluding steroid dienone is 1. The van der Waals surface area contributed by atoms with E-state index in [0.29, 0.717) is 46.4 Å². The summed E-state index contributed by atoms with van der Waals surface area (Å²) in [7, 11) is 0. The lowest BCUT2D eigenvalue weighted by Crippen LogP contribution is -2.25. The highest BCUT2D eigenvalue weighted by Gasteiger charge is 2.16. The summed E-state index contributed by atoms with van der Waals surface area (Å²) < 4.78 is 1.69. The Morgan fingerprint density at radius 2 is 1.83 bits per heavy atom. The molecule has 2 aromatic heterocycles. The summed E-state index contributed by atoms with van der Waals surface area (Å²) in [6, 6.07) is 18.5. The third-order valence-electron chi connectivity index (χ3n) is 7.77. The second-order valence-corrected chi connectivity index (χ2v) is 11.9. The Kier molecular flexibility index (Phi) is 12.5. The number of nitriles is 1. The van der Waals surface area contributed by atoms with Crippen molar-refractivity contribution in [2.24, 2.45) is 5.92 Å². The number of unbranched alkanes of at least 4 members (excludes halogenated alkanes) is 1. The molecule has 240 valence electrons. The van der Waals surface area contributed by atoms with Crippen LogP contribution in [0.4, 0.5) is 11.6 Å². The Labute approximate surface area is 275 Å². The van der Waals surface area contributed by atoms with Gasteiger partial charge in [-0.1, -0.05) is 75.7 Å². The monoisotopic (exact) mass is 639 g/mol. The van der Waals surface area contributed by atoms with Crippen molar-refractivity contribution in [1.29, 1.82) is 5.26 Å². The van der Waals surface area contributed by atoms with E-state index in [-0.39, 0.29) is 17.1 Å². The molecule has 0 aliphatic rings. The number of pyridine rings is 1. The number of nitrogens with one attached hydrogen (secondary N) is 2. The van der Waals surface area contributed by atoms with Crippen LogP contribution >= 0.6 is 11.6 Å². The molecule has 2 N–H and O–H groups in total. The molecule has 2 aromatic carbocycles. The average molecular weight is 640 g/mol. The first kappa shape index (κ1) is 34.4. The number of rotatable bonds is 15. The van der Waals surface area contributed by atoms with Crippen LogP contribution in [0.2, 0.25) is 5.02 Å². The van der Waals surface area contributed by atoms with Gasteiger partial charge in [-0.3, -0.25) is 14.2 Å². The van der Waals surface area contributed by atoms with Gasteiger partial charge in [-0.15, -0.1) is 0 Å². The topological polar surface area (TPSA) is 116 Å². The number of carbonyl (C=O) groups is 1. The van der Waals surface area contributed by atoms with E-state index in [2.05, 4.69) is 34.4 Å². The lowest BCUT2D eigenvalue weighted by atomic mass is 10.1. The van der Waals surface area contributed by atoms with E-state index in [1.165, 1.54) is 0 Å². The largest absolute Gasteiger partial charge is 0.354 e. The van der Waals surface area contributed by atoms with Gasteiger partial charge in [0.1, 0.15) is 17.3 Å². The van der Waals surface area contributed by atoms with Crippen LogP contribution in [0.1, 0.15) is 46.1 Å². The van der Waals surface area contributed by atoms with Crippen molar-refractivity contribution in [3.63, 3.8) is 0 Å². The number of anilines is 2. The maximum Gasteiger partial charge on any atom is 0.265 e. The minimum Gasteiger partial charge on any atom is -0.354 e. The van der Waals surface area contributed by atoms with Gasteiger partial charge in [0.2, 0.25) is 5.95 Å². The predicted octanol–water partition coefficient (Wildman–Crippen LogP) is 6.93. The third-order valence-corrected chi connectivity index (χ3v) is 8.10. The first-order valence-electron chi connectivity index (χ1n) is 15.9. The summed E-state index contributed by atoms with van der Waals surface area (Å²) in [5.74, 6) is 0.127. The second kappa shape index (κ2) is 16.7. The van der Waals surface area contributed by atoms with Crippen LogP contribution < -0.4 is 16.2 Å². The number of hydrogen-bond donors (Lipinski definition) is 2. The van der Waals surface area contributed by atoms with Gasteiger partial charge in [-0.05, 0) is 74.6 Å². The molecule has 0 spiro atoms. The molecule has 4 aromatic rings. The number of fused-ring (bicyclic) bond motifs is 1. The second-order valence-electron chi connectivity index (χ2n) is 11.5. The molecular weight excluding hydrogens is 598 g/mol.